The second-order valence-corrected chi connectivity index (χ2v) is 5.39. The van der Waals surface area contributed by atoms with Gasteiger partial charge in [-0.25, -0.2) is 4.79 Å². The zero-order valence-corrected chi connectivity index (χ0v) is 13.0. The molecule has 21 heavy (non-hydrogen) atoms. The number of rotatable bonds is 5. The number of methoxy groups -OCH3 is 1. The highest BCUT2D eigenvalue weighted by Gasteiger charge is 2.20. The van der Waals surface area contributed by atoms with Crippen LogP contribution in [0.1, 0.15) is 12.0 Å². The SMILES string of the molecule is COCCCNC(=O)N1CCN(c2cccc(C)c2)CC1. The summed E-state index contributed by atoms with van der Waals surface area (Å²) >= 11 is 0. The van der Waals surface area contributed by atoms with Crippen LogP contribution in [0.25, 0.3) is 0 Å². The Kier molecular flexibility index (Phi) is 5.87. The number of nitrogens with one attached hydrogen (secondary N) is 1. The number of anilines is 1. The molecule has 0 unspecified atom stereocenters. The summed E-state index contributed by atoms with van der Waals surface area (Å²) in [6.07, 6.45) is 0.853. The average Bonchev–Trinajstić information content (AvgIpc) is 2.51. The molecule has 2 rings (SSSR count). The van der Waals surface area contributed by atoms with E-state index >= 15 is 0 Å². The number of hydrogen-bond donors (Lipinski definition) is 1. The fourth-order valence-electron chi connectivity index (χ4n) is 2.52. The molecule has 1 N–H and O–H groups in total. The fourth-order valence-corrected chi connectivity index (χ4v) is 2.52. The van der Waals surface area contributed by atoms with E-state index in [1.165, 1.54) is 11.3 Å². The lowest BCUT2D eigenvalue weighted by atomic mass is 10.2. The minimum absolute atomic E-state index is 0.0370. The first-order valence-electron chi connectivity index (χ1n) is 7.54. The standard InChI is InChI=1S/C16H25N3O2/c1-14-5-3-6-15(13-14)18-8-10-19(11-9-18)16(20)17-7-4-12-21-2/h3,5-6,13H,4,7-12H2,1-2H3,(H,17,20). The molecule has 1 aromatic carbocycles. The minimum atomic E-state index is 0.0370. The van der Waals surface area contributed by atoms with Gasteiger partial charge in [0.25, 0.3) is 0 Å². The normalized spacial score (nSPS) is 15.1. The van der Waals surface area contributed by atoms with Crippen molar-refractivity contribution in [2.75, 3.05) is 51.3 Å². The molecular weight excluding hydrogens is 266 g/mol. The van der Waals surface area contributed by atoms with Crippen LogP contribution in [0.15, 0.2) is 24.3 Å². The molecule has 0 radical (unpaired) electrons. The van der Waals surface area contributed by atoms with Gasteiger partial charge in [-0.2, -0.15) is 0 Å². The lowest BCUT2D eigenvalue weighted by molar-refractivity contribution is 0.183. The first kappa shape index (κ1) is 15.6. The first-order valence-corrected chi connectivity index (χ1v) is 7.54. The van der Waals surface area contributed by atoms with Crippen LogP contribution in [0.3, 0.4) is 0 Å². The quantitative estimate of drug-likeness (QED) is 0.842. The van der Waals surface area contributed by atoms with Gasteiger partial charge in [0.15, 0.2) is 0 Å². The second kappa shape index (κ2) is 7.88. The molecule has 1 saturated heterocycles. The Labute approximate surface area is 126 Å². The van der Waals surface area contributed by atoms with Crippen LogP contribution in [-0.4, -0.2) is 57.4 Å². The Hall–Kier alpha value is -1.75. The Balaban J connectivity index is 1.76. The molecule has 1 heterocycles. The van der Waals surface area contributed by atoms with Gasteiger partial charge < -0.3 is 19.9 Å². The predicted octanol–water partition coefficient (Wildman–Crippen LogP) is 1.86. The van der Waals surface area contributed by atoms with Crippen LogP contribution in [0.2, 0.25) is 0 Å². The number of hydrogen-bond acceptors (Lipinski definition) is 3. The molecule has 5 nitrogen and oxygen atoms in total. The molecule has 0 aromatic heterocycles. The molecule has 0 atom stereocenters. The summed E-state index contributed by atoms with van der Waals surface area (Å²) in [7, 11) is 1.67. The zero-order valence-electron chi connectivity index (χ0n) is 13.0. The third-order valence-corrected chi connectivity index (χ3v) is 3.74. The van der Waals surface area contributed by atoms with Gasteiger partial charge in [-0.05, 0) is 31.0 Å². The lowest BCUT2D eigenvalue weighted by Crippen LogP contribution is -2.52. The smallest absolute Gasteiger partial charge is 0.317 e. The molecule has 0 aliphatic carbocycles. The number of amides is 2. The van der Waals surface area contributed by atoms with E-state index < -0.39 is 0 Å². The highest BCUT2D eigenvalue weighted by molar-refractivity contribution is 5.74. The molecule has 0 bridgehead atoms. The van der Waals surface area contributed by atoms with E-state index in [-0.39, 0.29) is 6.03 Å². The van der Waals surface area contributed by atoms with Crippen molar-refractivity contribution in [2.45, 2.75) is 13.3 Å². The van der Waals surface area contributed by atoms with Gasteiger partial charge in [0.2, 0.25) is 0 Å². The molecule has 1 aliphatic heterocycles. The van der Waals surface area contributed by atoms with Crippen molar-refractivity contribution in [3.63, 3.8) is 0 Å². The number of aryl methyl sites for hydroxylation is 1. The van der Waals surface area contributed by atoms with E-state index in [4.69, 9.17) is 4.74 Å². The monoisotopic (exact) mass is 291 g/mol. The highest BCUT2D eigenvalue weighted by atomic mass is 16.5. The van der Waals surface area contributed by atoms with Crippen LogP contribution in [-0.2, 0) is 4.74 Å². The Bertz CT molecular complexity index is 457. The largest absolute Gasteiger partial charge is 0.385 e. The number of carbonyl (C=O) groups excluding carboxylic acids is 1. The third-order valence-electron chi connectivity index (χ3n) is 3.74. The zero-order chi connectivity index (χ0) is 15.1. The Morgan fingerprint density at radius 3 is 2.71 bits per heavy atom. The molecule has 0 saturated carbocycles. The minimum Gasteiger partial charge on any atom is -0.385 e. The summed E-state index contributed by atoms with van der Waals surface area (Å²) in [4.78, 5) is 16.2. The van der Waals surface area contributed by atoms with Gasteiger partial charge in [0.05, 0.1) is 0 Å². The van der Waals surface area contributed by atoms with Crippen LogP contribution in [0, 0.1) is 6.92 Å². The van der Waals surface area contributed by atoms with E-state index in [0.29, 0.717) is 13.2 Å². The van der Waals surface area contributed by atoms with Gasteiger partial charge in [0, 0.05) is 52.1 Å². The van der Waals surface area contributed by atoms with Crippen molar-refractivity contribution in [1.82, 2.24) is 10.2 Å². The van der Waals surface area contributed by atoms with E-state index in [1.54, 1.807) is 7.11 Å². The van der Waals surface area contributed by atoms with Crippen LogP contribution in [0.4, 0.5) is 10.5 Å². The molecule has 2 amide bonds. The number of carbonyl (C=O) groups is 1. The van der Waals surface area contributed by atoms with Crippen molar-refractivity contribution in [2.24, 2.45) is 0 Å². The number of piperazine rings is 1. The third kappa shape index (κ3) is 4.63. The number of ether oxygens (including phenoxy) is 1. The van der Waals surface area contributed by atoms with E-state index in [1.807, 2.05) is 4.90 Å². The summed E-state index contributed by atoms with van der Waals surface area (Å²) in [5.74, 6) is 0. The van der Waals surface area contributed by atoms with Gasteiger partial charge >= 0.3 is 6.03 Å². The molecule has 1 aliphatic rings. The maximum atomic E-state index is 12.0. The molecule has 1 fully saturated rings. The van der Waals surface area contributed by atoms with Crippen LogP contribution < -0.4 is 10.2 Å². The van der Waals surface area contributed by atoms with Gasteiger partial charge in [-0.3, -0.25) is 0 Å². The molecular formula is C16H25N3O2. The second-order valence-electron chi connectivity index (χ2n) is 5.39. The highest BCUT2D eigenvalue weighted by Crippen LogP contribution is 2.17. The number of benzene rings is 1. The summed E-state index contributed by atoms with van der Waals surface area (Å²) in [5.41, 5.74) is 2.51. The maximum Gasteiger partial charge on any atom is 0.317 e. The van der Waals surface area contributed by atoms with Crippen LogP contribution in [0.5, 0.6) is 0 Å². The van der Waals surface area contributed by atoms with Crippen molar-refractivity contribution in [1.29, 1.82) is 0 Å². The van der Waals surface area contributed by atoms with E-state index in [9.17, 15) is 4.79 Å². The maximum absolute atomic E-state index is 12.0. The van der Waals surface area contributed by atoms with Gasteiger partial charge in [-0.1, -0.05) is 12.1 Å². The van der Waals surface area contributed by atoms with Crippen molar-refractivity contribution in [3.05, 3.63) is 29.8 Å². The lowest BCUT2D eigenvalue weighted by Gasteiger charge is -2.36. The summed E-state index contributed by atoms with van der Waals surface area (Å²) in [5, 5.41) is 2.94. The van der Waals surface area contributed by atoms with Crippen molar-refractivity contribution < 1.29 is 9.53 Å². The Morgan fingerprint density at radius 2 is 2.05 bits per heavy atom. The average molecular weight is 291 g/mol. The van der Waals surface area contributed by atoms with Crippen molar-refractivity contribution >= 4 is 11.7 Å². The van der Waals surface area contributed by atoms with Crippen LogP contribution >= 0.6 is 0 Å². The molecule has 0 spiro atoms. The summed E-state index contributed by atoms with van der Waals surface area (Å²) in [6.45, 7) is 6.76. The van der Waals surface area contributed by atoms with Crippen molar-refractivity contribution in [3.8, 4) is 0 Å². The van der Waals surface area contributed by atoms with E-state index in [2.05, 4.69) is 41.4 Å². The molecule has 5 heteroatoms. The predicted molar refractivity (Wildman–Crippen MR) is 84.9 cm³/mol. The van der Waals surface area contributed by atoms with E-state index in [0.717, 1.165) is 32.6 Å². The molecule has 1 aromatic rings. The number of urea groups is 1. The summed E-state index contributed by atoms with van der Waals surface area (Å²) < 4.78 is 4.97. The van der Waals surface area contributed by atoms with Gasteiger partial charge in [-0.15, -0.1) is 0 Å². The first-order chi connectivity index (χ1) is 10.2. The fraction of sp³-hybridized carbons (Fsp3) is 0.562. The topological polar surface area (TPSA) is 44.8 Å². The van der Waals surface area contributed by atoms with Gasteiger partial charge in [0.1, 0.15) is 0 Å². The Morgan fingerprint density at radius 1 is 1.29 bits per heavy atom. The summed E-state index contributed by atoms with van der Waals surface area (Å²) in [6, 6.07) is 8.55. The number of nitrogens with zero attached hydrogens (tertiary/aromatic N) is 2. The molecule has 116 valence electrons.